The Kier molecular flexibility index (Phi) is 5.52. The minimum absolute atomic E-state index is 0.0399. The normalized spacial score (nSPS) is 11.3. The molecule has 0 fully saturated rings. The number of benzene rings is 2. The van der Waals surface area contributed by atoms with Gasteiger partial charge in [-0.2, -0.15) is 4.52 Å². The first-order chi connectivity index (χ1) is 9.65. The second kappa shape index (κ2) is 7.38. The fraction of sp³-hybridized carbons (Fsp3) is 0.200. The van der Waals surface area contributed by atoms with Gasteiger partial charge in [-0.3, -0.25) is 0 Å². The monoisotopic (exact) mass is 305 g/mol. The molecule has 0 aromatic heterocycles. The van der Waals surface area contributed by atoms with Crippen molar-refractivity contribution >= 4 is 17.6 Å². The molecule has 1 unspecified atom stereocenters. The highest BCUT2D eigenvalue weighted by molar-refractivity contribution is 7.39. The van der Waals surface area contributed by atoms with E-state index >= 15 is 0 Å². The number of hydrogen-bond acceptors (Lipinski definition) is 3. The molecule has 2 aromatic carbocycles. The Balaban J connectivity index is 1.80. The molecular formula is C15H17NO2P2. The third-order valence-electron chi connectivity index (χ3n) is 2.73. The standard InChI is InChI=1S/C15H17NO2P2/c1-11-4-7-14(8-5-11)17-19-16-20-18-15-9-6-12(2)10-13(15)3/h4-10,20H,1-3H3. The second-order valence-corrected chi connectivity index (χ2v) is 6.08. The van der Waals surface area contributed by atoms with Gasteiger partial charge in [-0.05, 0) is 44.5 Å². The summed E-state index contributed by atoms with van der Waals surface area (Å²) in [7, 11) is 0.599. The maximum Gasteiger partial charge on any atom is 0.249 e. The van der Waals surface area contributed by atoms with Crippen molar-refractivity contribution in [2.75, 3.05) is 0 Å². The van der Waals surface area contributed by atoms with Gasteiger partial charge in [0.25, 0.3) is 0 Å². The Bertz CT molecular complexity index is 597. The average molecular weight is 305 g/mol. The first-order valence-corrected chi connectivity index (χ1v) is 7.90. The van der Waals surface area contributed by atoms with Gasteiger partial charge in [0.05, 0.1) is 0 Å². The number of aryl methyl sites for hydroxylation is 3. The molecule has 1 atom stereocenters. The summed E-state index contributed by atoms with van der Waals surface area (Å²) in [6.07, 6.45) is 0. The molecule has 0 spiro atoms. The van der Waals surface area contributed by atoms with E-state index in [1.807, 2.05) is 50.2 Å². The van der Waals surface area contributed by atoms with Gasteiger partial charge in [-0.25, -0.2) is 0 Å². The first-order valence-electron chi connectivity index (χ1n) is 6.28. The van der Waals surface area contributed by atoms with Gasteiger partial charge in [-0.1, -0.05) is 35.4 Å². The molecule has 0 heterocycles. The molecule has 0 aliphatic heterocycles. The van der Waals surface area contributed by atoms with Gasteiger partial charge in [0, 0.05) is 0 Å². The second-order valence-electron chi connectivity index (χ2n) is 4.55. The molecule has 0 aliphatic rings. The summed E-state index contributed by atoms with van der Waals surface area (Å²) in [5, 5.41) is 0. The maximum atomic E-state index is 5.62. The highest BCUT2D eigenvalue weighted by Crippen LogP contribution is 2.29. The van der Waals surface area contributed by atoms with E-state index in [0.29, 0.717) is 8.60 Å². The van der Waals surface area contributed by atoms with Gasteiger partial charge in [0.15, 0.2) is 0 Å². The predicted octanol–water partition coefficient (Wildman–Crippen LogP) is 5.62. The van der Waals surface area contributed by atoms with Crippen LogP contribution in [0.4, 0.5) is 0 Å². The van der Waals surface area contributed by atoms with Crippen LogP contribution in [0, 0.1) is 20.8 Å². The zero-order valence-electron chi connectivity index (χ0n) is 11.8. The molecule has 3 nitrogen and oxygen atoms in total. The Morgan fingerprint density at radius 1 is 0.950 bits per heavy atom. The van der Waals surface area contributed by atoms with Gasteiger partial charge < -0.3 is 9.05 Å². The van der Waals surface area contributed by atoms with E-state index in [-0.39, 0.29) is 8.96 Å². The highest BCUT2D eigenvalue weighted by Gasteiger charge is 1.98. The Morgan fingerprint density at radius 3 is 2.35 bits per heavy atom. The Morgan fingerprint density at radius 2 is 1.65 bits per heavy atom. The van der Waals surface area contributed by atoms with Crippen molar-refractivity contribution < 1.29 is 9.05 Å². The van der Waals surface area contributed by atoms with Crippen molar-refractivity contribution in [3.63, 3.8) is 0 Å². The summed E-state index contributed by atoms with van der Waals surface area (Å²) < 4.78 is 15.3. The van der Waals surface area contributed by atoms with E-state index in [4.69, 9.17) is 9.05 Å². The van der Waals surface area contributed by atoms with E-state index in [2.05, 4.69) is 17.5 Å². The molecule has 5 heteroatoms. The van der Waals surface area contributed by atoms with Gasteiger partial charge in [-0.15, -0.1) is 0 Å². The third-order valence-corrected chi connectivity index (χ3v) is 3.99. The van der Waals surface area contributed by atoms with Crippen molar-refractivity contribution in [2.45, 2.75) is 20.8 Å². The predicted molar refractivity (Wildman–Crippen MR) is 86.0 cm³/mol. The average Bonchev–Trinajstić information content (AvgIpc) is 2.42. The van der Waals surface area contributed by atoms with Crippen LogP contribution >= 0.6 is 17.6 Å². The molecule has 0 aliphatic carbocycles. The molecule has 0 N–H and O–H groups in total. The molecule has 0 radical (unpaired) electrons. The van der Waals surface area contributed by atoms with Crippen LogP contribution in [0.2, 0.25) is 0 Å². The topological polar surface area (TPSA) is 30.8 Å². The molecule has 0 amide bonds. The zero-order chi connectivity index (χ0) is 14.4. The number of hydrogen-bond donors (Lipinski definition) is 0. The van der Waals surface area contributed by atoms with E-state index < -0.39 is 0 Å². The van der Waals surface area contributed by atoms with E-state index in [1.165, 1.54) is 11.1 Å². The summed E-state index contributed by atoms with van der Waals surface area (Å²) in [5.74, 6) is 1.69. The SMILES string of the molecule is Cc1ccc(OP=NPOc2ccc(C)cc2C)cc1. The molecule has 0 saturated heterocycles. The summed E-state index contributed by atoms with van der Waals surface area (Å²) in [4.78, 5) is 0. The van der Waals surface area contributed by atoms with E-state index in [1.54, 1.807) is 0 Å². The number of rotatable bonds is 5. The maximum absolute atomic E-state index is 5.62. The molecule has 2 aromatic rings. The lowest BCUT2D eigenvalue weighted by Crippen LogP contribution is -1.83. The van der Waals surface area contributed by atoms with E-state index in [0.717, 1.165) is 17.1 Å². The minimum atomic E-state index is 0.0399. The zero-order valence-corrected chi connectivity index (χ0v) is 13.6. The number of nitrogens with zero attached hydrogens (tertiary/aromatic N) is 1. The molecule has 0 saturated carbocycles. The molecular weight excluding hydrogens is 288 g/mol. The van der Waals surface area contributed by atoms with Crippen LogP contribution in [0.5, 0.6) is 11.5 Å². The van der Waals surface area contributed by atoms with Crippen LogP contribution in [0.15, 0.2) is 47.0 Å². The lowest BCUT2D eigenvalue weighted by molar-refractivity contribution is 0.622. The van der Waals surface area contributed by atoms with Crippen molar-refractivity contribution in [1.82, 2.24) is 0 Å². The van der Waals surface area contributed by atoms with Gasteiger partial charge >= 0.3 is 0 Å². The van der Waals surface area contributed by atoms with Crippen LogP contribution < -0.4 is 9.05 Å². The summed E-state index contributed by atoms with van der Waals surface area (Å²) >= 11 is 0. The van der Waals surface area contributed by atoms with Gasteiger partial charge in [0.2, 0.25) is 17.6 Å². The van der Waals surface area contributed by atoms with Crippen molar-refractivity contribution in [3.8, 4) is 11.5 Å². The summed E-state index contributed by atoms with van der Waals surface area (Å²) in [6.45, 7) is 6.15. The van der Waals surface area contributed by atoms with Crippen LogP contribution in [0.1, 0.15) is 16.7 Å². The Labute approximate surface area is 123 Å². The van der Waals surface area contributed by atoms with Crippen LogP contribution in [-0.4, -0.2) is 0 Å². The molecule has 0 bridgehead atoms. The van der Waals surface area contributed by atoms with Crippen molar-refractivity contribution in [3.05, 3.63) is 59.2 Å². The van der Waals surface area contributed by atoms with Crippen LogP contribution in [-0.2, 0) is 0 Å². The first kappa shape index (κ1) is 15.0. The fourth-order valence-corrected chi connectivity index (χ4v) is 2.67. The summed E-state index contributed by atoms with van der Waals surface area (Å²) in [5.41, 5.74) is 3.57. The summed E-state index contributed by atoms with van der Waals surface area (Å²) in [6, 6.07) is 14.0. The minimum Gasteiger partial charge on any atom is -0.453 e. The lowest BCUT2D eigenvalue weighted by atomic mass is 10.1. The van der Waals surface area contributed by atoms with E-state index in [9.17, 15) is 0 Å². The smallest absolute Gasteiger partial charge is 0.249 e. The third kappa shape index (κ3) is 4.59. The van der Waals surface area contributed by atoms with Crippen molar-refractivity contribution in [1.29, 1.82) is 0 Å². The lowest BCUT2D eigenvalue weighted by Gasteiger charge is -2.06. The van der Waals surface area contributed by atoms with Gasteiger partial charge in [0.1, 0.15) is 11.5 Å². The highest BCUT2D eigenvalue weighted by atomic mass is 31.1. The molecule has 20 heavy (non-hydrogen) atoms. The van der Waals surface area contributed by atoms with Crippen molar-refractivity contribution in [2.24, 2.45) is 4.52 Å². The fourth-order valence-electron chi connectivity index (χ4n) is 1.67. The largest absolute Gasteiger partial charge is 0.453 e. The molecule has 104 valence electrons. The molecule has 2 rings (SSSR count). The van der Waals surface area contributed by atoms with Crippen LogP contribution in [0.3, 0.4) is 0 Å². The van der Waals surface area contributed by atoms with Crippen LogP contribution in [0.25, 0.3) is 0 Å². The Hall–Kier alpha value is -1.43. The quantitative estimate of drug-likeness (QED) is 0.671.